The molecule has 0 aliphatic heterocycles. The Morgan fingerprint density at radius 3 is 2.89 bits per heavy atom. The summed E-state index contributed by atoms with van der Waals surface area (Å²) in [7, 11) is 0. The number of rotatable bonds is 4. The highest BCUT2D eigenvalue weighted by Gasteiger charge is 2.12. The molecule has 0 radical (unpaired) electrons. The third-order valence-corrected chi connectivity index (χ3v) is 2.61. The van der Waals surface area contributed by atoms with Crippen LogP contribution in [0.2, 0.25) is 5.02 Å². The van der Waals surface area contributed by atoms with Gasteiger partial charge in [0.05, 0.1) is 16.6 Å². The fraction of sp³-hybridized carbons (Fsp3) is 0.200. The van der Waals surface area contributed by atoms with Crippen molar-refractivity contribution in [2.24, 2.45) is 5.73 Å². The first-order valence-electron chi connectivity index (χ1n) is 5.15. The van der Waals surface area contributed by atoms with Gasteiger partial charge >= 0.3 is 0 Å². The molecule has 0 fully saturated rings. The smallest absolute Gasteiger partial charge is 0.250 e. The molecule has 0 aliphatic rings. The highest BCUT2D eigenvalue weighted by atomic mass is 35.5. The van der Waals surface area contributed by atoms with E-state index in [1.165, 1.54) is 18.6 Å². The van der Waals surface area contributed by atoms with Crippen molar-refractivity contribution in [2.75, 3.05) is 5.32 Å². The van der Waals surface area contributed by atoms with E-state index in [9.17, 15) is 4.79 Å². The van der Waals surface area contributed by atoms with Gasteiger partial charge in [0, 0.05) is 6.20 Å². The second-order valence-corrected chi connectivity index (χ2v) is 4.06. The largest absolute Gasteiger partial charge is 0.366 e. The molecule has 1 amide bonds. The van der Waals surface area contributed by atoms with Gasteiger partial charge in [0.2, 0.25) is 5.91 Å². The number of hydrogen-bond acceptors (Lipinski definition) is 5. The molecule has 0 saturated heterocycles. The summed E-state index contributed by atoms with van der Waals surface area (Å²) < 4.78 is 0. The zero-order chi connectivity index (χ0) is 13.1. The maximum Gasteiger partial charge on any atom is 0.250 e. The van der Waals surface area contributed by atoms with Crippen molar-refractivity contribution in [3.8, 4) is 0 Å². The summed E-state index contributed by atoms with van der Waals surface area (Å²) >= 11 is 6.00. The van der Waals surface area contributed by atoms with E-state index >= 15 is 0 Å². The van der Waals surface area contributed by atoms with Gasteiger partial charge in [0.15, 0.2) is 0 Å². The SMILES string of the molecule is CC(Nc1ncc(C(N)=O)cc1Cl)c1ncn[nH]1. The quantitative estimate of drug-likeness (QED) is 0.768. The van der Waals surface area contributed by atoms with Crippen LogP contribution in [0.25, 0.3) is 0 Å². The number of hydrogen-bond donors (Lipinski definition) is 3. The van der Waals surface area contributed by atoms with Crippen molar-refractivity contribution < 1.29 is 4.79 Å². The number of halogens is 1. The molecule has 18 heavy (non-hydrogen) atoms. The zero-order valence-electron chi connectivity index (χ0n) is 9.51. The summed E-state index contributed by atoms with van der Waals surface area (Å²) in [6, 6.07) is 1.32. The molecule has 94 valence electrons. The van der Waals surface area contributed by atoms with E-state index < -0.39 is 5.91 Å². The lowest BCUT2D eigenvalue weighted by Gasteiger charge is -2.13. The third kappa shape index (κ3) is 2.57. The summed E-state index contributed by atoms with van der Waals surface area (Å²) in [6.45, 7) is 1.88. The standard InChI is InChI=1S/C10H11ClN6O/c1-5(9-14-4-15-17-9)16-10-7(11)2-6(3-13-10)8(12)18/h2-5H,1H3,(H2,12,18)(H,13,16)(H,14,15,17). The molecule has 0 saturated carbocycles. The zero-order valence-corrected chi connectivity index (χ0v) is 10.3. The molecule has 8 heteroatoms. The maximum absolute atomic E-state index is 11.0. The summed E-state index contributed by atoms with van der Waals surface area (Å²) in [5.74, 6) is 0.539. The first-order chi connectivity index (χ1) is 8.58. The Morgan fingerprint density at radius 2 is 2.33 bits per heavy atom. The molecule has 2 heterocycles. The van der Waals surface area contributed by atoms with Crippen LogP contribution in [0.4, 0.5) is 5.82 Å². The number of nitrogens with one attached hydrogen (secondary N) is 2. The molecule has 2 aromatic rings. The van der Waals surface area contributed by atoms with Crippen LogP contribution in [-0.4, -0.2) is 26.1 Å². The van der Waals surface area contributed by atoms with E-state index in [0.717, 1.165) is 0 Å². The Bertz CT molecular complexity index is 556. The molecular weight excluding hydrogens is 256 g/mol. The predicted octanol–water partition coefficient (Wildman–Crippen LogP) is 1.13. The van der Waals surface area contributed by atoms with Crippen LogP contribution in [0.5, 0.6) is 0 Å². The van der Waals surface area contributed by atoms with Gasteiger partial charge in [-0.3, -0.25) is 9.89 Å². The van der Waals surface area contributed by atoms with E-state index in [-0.39, 0.29) is 11.6 Å². The van der Waals surface area contributed by atoms with E-state index in [1.807, 2.05) is 6.92 Å². The van der Waals surface area contributed by atoms with Crippen molar-refractivity contribution in [1.29, 1.82) is 0 Å². The number of nitrogens with zero attached hydrogens (tertiary/aromatic N) is 3. The first-order valence-corrected chi connectivity index (χ1v) is 5.53. The van der Waals surface area contributed by atoms with Crippen molar-refractivity contribution in [1.82, 2.24) is 20.2 Å². The maximum atomic E-state index is 11.0. The highest BCUT2D eigenvalue weighted by Crippen LogP contribution is 2.23. The van der Waals surface area contributed by atoms with Gasteiger partial charge in [-0.25, -0.2) is 9.97 Å². The molecule has 2 rings (SSSR count). The van der Waals surface area contributed by atoms with Crippen LogP contribution in [0.1, 0.15) is 29.1 Å². The van der Waals surface area contributed by atoms with Gasteiger partial charge < -0.3 is 11.1 Å². The molecule has 1 unspecified atom stereocenters. The van der Waals surface area contributed by atoms with Crippen LogP contribution in [0.3, 0.4) is 0 Å². The van der Waals surface area contributed by atoms with Gasteiger partial charge in [-0.05, 0) is 13.0 Å². The number of amides is 1. The van der Waals surface area contributed by atoms with E-state index in [0.29, 0.717) is 16.7 Å². The number of carbonyl (C=O) groups excluding carboxylic acids is 1. The topological polar surface area (TPSA) is 110 Å². The van der Waals surface area contributed by atoms with Crippen LogP contribution in [0, 0.1) is 0 Å². The molecule has 7 nitrogen and oxygen atoms in total. The summed E-state index contributed by atoms with van der Waals surface area (Å²) in [6.07, 6.45) is 2.78. The van der Waals surface area contributed by atoms with Crippen LogP contribution >= 0.6 is 11.6 Å². The second-order valence-electron chi connectivity index (χ2n) is 3.66. The number of aromatic nitrogens is 4. The minimum absolute atomic E-state index is 0.142. The molecule has 0 aliphatic carbocycles. The fourth-order valence-corrected chi connectivity index (χ4v) is 1.60. The molecular formula is C10H11ClN6O. The number of carbonyl (C=O) groups is 1. The van der Waals surface area contributed by atoms with Crippen LogP contribution in [0.15, 0.2) is 18.6 Å². The minimum Gasteiger partial charge on any atom is -0.366 e. The Balaban J connectivity index is 2.17. The molecule has 0 bridgehead atoms. The van der Waals surface area contributed by atoms with Crippen molar-refractivity contribution in [3.63, 3.8) is 0 Å². The van der Waals surface area contributed by atoms with Gasteiger partial charge in [0.25, 0.3) is 0 Å². The van der Waals surface area contributed by atoms with Crippen molar-refractivity contribution in [3.05, 3.63) is 35.0 Å². The van der Waals surface area contributed by atoms with Gasteiger partial charge in [-0.1, -0.05) is 11.6 Å². The monoisotopic (exact) mass is 266 g/mol. The summed E-state index contributed by atoms with van der Waals surface area (Å²) in [5, 5.41) is 9.86. The number of H-pyrrole nitrogens is 1. The Morgan fingerprint density at radius 1 is 1.56 bits per heavy atom. The Hall–Kier alpha value is -2.15. The van der Waals surface area contributed by atoms with Crippen LogP contribution in [-0.2, 0) is 0 Å². The Labute approximate surface area is 108 Å². The number of primary amides is 1. The molecule has 2 aromatic heterocycles. The number of aromatic amines is 1. The number of pyridine rings is 1. The minimum atomic E-state index is -0.570. The van der Waals surface area contributed by atoms with E-state index in [4.69, 9.17) is 17.3 Å². The fourth-order valence-electron chi connectivity index (χ4n) is 1.38. The van der Waals surface area contributed by atoms with Crippen molar-refractivity contribution in [2.45, 2.75) is 13.0 Å². The summed E-state index contributed by atoms with van der Waals surface area (Å²) in [5.41, 5.74) is 5.39. The molecule has 0 aromatic carbocycles. The average Bonchev–Trinajstić information content (AvgIpc) is 2.85. The average molecular weight is 267 g/mol. The lowest BCUT2D eigenvalue weighted by atomic mass is 10.2. The predicted molar refractivity (Wildman–Crippen MR) is 66.2 cm³/mol. The number of nitrogens with two attached hydrogens (primary N) is 1. The first kappa shape index (κ1) is 12.3. The van der Waals surface area contributed by atoms with E-state index in [1.54, 1.807) is 0 Å². The van der Waals surface area contributed by atoms with Gasteiger partial charge in [-0.2, -0.15) is 5.10 Å². The Kier molecular flexibility index (Phi) is 3.42. The lowest BCUT2D eigenvalue weighted by molar-refractivity contribution is 0.1000. The van der Waals surface area contributed by atoms with Crippen LogP contribution < -0.4 is 11.1 Å². The van der Waals surface area contributed by atoms with Crippen molar-refractivity contribution >= 4 is 23.3 Å². The second kappa shape index (κ2) is 5.01. The third-order valence-electron chi connectivity index (χ3n) is 2.32. The van der Waals surface area contributed by atoms with Gasteiger partial charge in [0.1, 0.15) is 18.0 Å². The number of anilines is 1. The highest BCUT2D eigenvalue weighted by molar-refractivity contribution is 6.33. The van der Waals surface area contributed by atoms with Gasteiger partial charge in [-0.15, -0.1) is 0 Å². The van der Waals surface area contributed by atoms with E-state index in [2.05, 4.69) is 25.5 Å². The molecule has 1 atom stereocenters. The molecule has 0 spiro atoms. The molecule has 4 N–H and O–H groups in total. The lowest BCUT2D eigenvalue weighted by Crippen LogP contribution is -2.13. The normalized spacial score (nSPS) is 12.1. The summed E-state index contributed by atoms with van der Waals surface area (Å²) in [4.78, 5) is 19.0.